The Morgan fingerprint density at radius 3 is 2.55 bits per heavy atom. The van der Waals surface area contributed by atoms with Crippen molar-refractivity contribution in [3.8, 4) is 0 Å². The lowest BCUT2D eigenvalue weighted by molar-refractivity contribution is -0.126. The lowest BCUT2D eigenvalue weighted by Gasteiger charge is -2.38. The molecule has 1 aromatic rings. The summed E-state index contributed by atoms with van der Waals surface area (Å²) in [5.74, 6) is 0.257. The minimum atomic E-state index is -0.479. The molecular weight excluding hydrogens is 258 g/mol. The van der Waals surface area contributed by atoms with Crippen molar-refractivity contribution in [3.05, 3.63) is 23.8 Å². The summed E-state index contributed by atoms with van der Waals surface area (Å²) in [6.07, 6.45) is 3.01. The van der Waals surface area contributed by atoms with Gasteiger partial charge >= 0.3 is 0 Å². The monoisotopic (exact) mass is 277 g/mol. The molecule has 2 amide bonds. The standard InChI is InChI=1S/C13H19N5O2/c1-9-15-6-10(7-16-9)13(20)18-5-4-17(3)8-11(18)12(19)14-2/h6-7,11H,4-5,8H2,1-3H3,(H,14,19). The number of amides is 2. The first-order chi connectivity index (χ1) is 9.52. The topological polar surface area (TPSA) is 78.4 Å². The molecule has 0 spiro atoms. The van der Waals surface area contributed by atoms with Gasteiger partial charge in [0, 0.05) is 39.1 Å². The summed E-state index contributed by atoms with van der Waals surface area (Å²) < 4.78 is 0. The molecule has 108 valence electrons. The summed E-state index contributed by atoms with van der Waals surface area (Å²) in [5.41, 5.74) is 0.411. The van der Waals surface area contributed by atoms with Crippen molar-refractivity contribution in [3.63, 3.8) is 0 Å². The summed E-state index contributed by atoms with van der Waals surface area (Å²) >= 11 is 0. The molecule has 0 aromatic carbocycles. The van der Waals surface area contributed by atoms with Gasteiger partial charge in [0.1, 0.15) is 11.9 Å². The largest absolute Gasteiger partial charge is 0.357 e. The Bertz CT molecular complexity index is 502. The summed E-state index contributed by atoms with van der Waals surface area (Å²) in [7, 11) is 3.52. The number of aromatic nitrogens is 2. The number of rotatable bonds is 2. The molecular formula is C13H19N5O2. The fourth-order valence-electron chi connectivity index (χ4n) is 2.22. The second-order valence-electron chi connectivity index (χ2n) is 4.91. The molecule has 1 unspecified atom stereocenters. The van der Waals surface area contributed by atoms with Gasteiger partial charge in [0.2, 0.25) is 5.91 Å². The van der Waals surface area contributed by atoms with Crippen LogP contribution in [0, 0.1) is 6.92 Å². The van der Waals surface area contributed by atoms with Crippen molar-refractivity contribution in [2.24, 2.45) is 0 Å². The van der Waals surface area contributed by atoms with Crippen LogP contribution < -0.4 is 5.32 Å². The van der Waals surface area contributed by atoms with Gasteiger partial charge in [0.15, 0.2) is 0 Å². The van der Waals surface area contributed by atoms with Crippen LogP contribution in [0.4, 0.5) is 0 Å². The highest BCUT2D eigenvalue weighted by molar-refractivity contribution is 5.97. The fraction of sp³-hybridized carbons (Fsp3) is 0.538. The Balaban J connectivity index is 2.21. The number of nitrogens with one attached hydrogen (secondary N) is 1. The molecule has 1 aliphatic heterocycles. The molecule has 0 bridgehead atoms. The van der Waals surface area contributed by atoms with E-state index in [9.17, 15) is 9.59 Å². The molecule has 1 fully saturated rings. The van der Waals surface area contributed by atoms with Crippen LogP contribution >= 0.6 is 0 Å². The first-order valence-electron chi connectivity index (χ1n) is 6.52. The zero-order valence-corrected chi connectivity index (χ0v) is 12.0. The number of nitrogens with zero attached hydrogens (tertiary/aromatic N) is 4. The van der Waals surface area contributed by atoms with E-state index in [0.29, 0.717) is 24.5 Å². The number of piperazine rings is 1. The Hall–Kier alpha value is -2.02. The van der Waals surface area contributed by atoms with Crippen molar-refractivity contribution in [2.45, 2.75) is 13.0 Å². The first kappa shape index (κ1) is 14.4. The Kier molecular flexibility index (Phi) is 4.29. The van der Waals surface area contributed by atoms with Crippen molar-refractivity contribution in [1.82, 2.24) is 25.1 Å². The smallest absolute Gasteiger partial charge is 0.257 e. The second-order valence-corrected chi connectivity index (χ2v) is 4.91. The van der Waals surface area contributed by atoms with Gasteiger partial charge in [-0.2, -0.15) is 0 Å². The summed E-state index contributed by atoms with van der Waals surface area (Å²) in [6, 6.07) is -0.479. The maximum absolute atomic E-state index is 12.5. The van der Waals surface area contributed by atoms with Crippen molar-refractivity contribution >= 4 is 11.8 Å². The van der Waals surface area contributed by atoms with E-state index in [1.807, 2.05) is 11.9 Å². The van der Waals surface area contributed by atoms with Crippen LogP contribution in [0.2, 0.25) is 0 Å². The highest BCUT2D eigenvalue weighted by Gasteiger charge is 2.34. The van der Waals surface area contributed by atoms with Crippen molar-refractivity contribution in [1.29, 1.82) is 0 Å². The Labute approximate surface area is 118 Å². The third-order valence-electron chi connectivity index (χ3n) is 3.42. The number of carbonyl (C=O) groups is 2. The quantitative estimate of drug-likeness (QED) is 0.772. The molecule has 1 atom stereocenters. The maximum atomic E-state index is 12.5. The van der Waals surface area contributed by atoms with Crippen LogP contribution in [0.5, 0.6) is 0 Å². The van der Waals surface area contributed by atoms with Gasteiger partial charge in [0.25, 0.3) is 5.91 Å². The van der Waals surface area contributed by atoms with E-state index in [1.165, 1.54) is 12.4 Å². The molecule has 1 aromatic heterocycles. The summed E-state index contributed by atoms with van der Waals surface area (Å²) in [4.78, 5) is 36.1. The molecule has 20 heavy (non-hydrogen) atoms. The summed E-state index contributed by atoms with van der Waals surface area (Å²) in [5, 5.41) is 2.61. The molecule has 0 aliphatic carbocycles. The van der Waals surface area contributed by atoms with E-state index in [0.717, 1.165) is 6.54 Å². The van der Waals surface area contributed by atoms with Gasteiger partial charge in [-0.15, -0.1) is 0 Å². The summed E-state index contributed by atoms with van der Waals surface area (Å²) in [6.45, 7) is 3.54. The highest BCUT2D eigenvalue weighted by Crippen LogP contribution is 2.13. The number of aryl methyl sites for hydroxylation is 1. The lowest BCUT2D eigenvalue weighted by Crippen LogP contribution is -2.59. The van der Waals surface area contributed by atoms with Crippen LogP contribution in [0.3, 0.4) is 0 Å². The van der Waals surface area contributed by atoms with E-state index in [1.54, 1.807) is 18.9 Å². The number of hydrogen-bond acceptors (Lipinski definition) is 5. The van der Waals surface area contributed by atoms with Gasteiger partial charge in [-0.3, -0.25) is 9.59 Å². The second kappa shape index (κ2) is 5.96. The minimum Gasteiger partial charge on any atom is -0.357 e. The average molecular weight is 277 g/mol. The van der Waals surface area contributed by atoms with Gasteiger partial charge in [-0.1, -0.05) is 0 Å². The maximum Gasteiger partial charge on any atom is 0.257 e. The fourth-order valence-corrected chi connectivity index (χ4v) is 2.22. The number of carbonyl (C=O) groups excluding carboxylic acids is 2. The molecule has 7 heteroatoms. The van der Waals surface area contributed by atoms with Crippen LogP contribution in [0.25, 0.3) is 0 Å². The Morgan fingerprint density at radius 1 is 1.30 bits per heavy atom. The van der Waals surface area contributed by atoms with E-state index < -0.39 is 6.04 Å². The third kappa shape index (κ3) is 2.93. The average Bonchev–Trinajstić information content (AvgIpc) is 2.46. The van der Waals surface area contributed by atoms with Gasteiger partial charge < -0.3 is 15.1 Å². The molecule has 1 saturated heterocycles. The number of likely N-dealkylation sites (N-methyl/N-ethyl adjacent to an activating group) is 2. The van der Waals surface area contributed by atoms with Gasteiger partial charge in [0.05, 0.1) is 5.56 Å². The van der Waals surface area contributed by atoms with E-state index in [2.05, 4.69) is 15.3 Å². The molecule has 2 rings (SSSR count). The predicted molar refractivity (Wildman–Crippen MR) is 73.2 cm³/mol. The molecule has 7 nitrogen and oxygen atoms in total. The van der Waals surface area contributed by atoms with Crippen LogP contribution in [-0.4, -0.2) is 71.4 Å². The molecule has 1 aliphatic rings. The van der Waals surface area contributed by atoms with Crippen LogP contribution in [0.1, 0.15) is 16.2 Å². The predicted octanol–water partition coefficient (Wildman–Crippen LogP) is -0.713. The van der Waals surface area contributed by atoms with Gasteiger partial charge in [-0.05, 0) is 14.0 Å². The van der Waals surface area contributed by atoms with Crippen molar-refractivity contribution < 1.29 is 9.59 Å². The zero-order valence-electron chi connectivity index (χ0n) is 12.0. The molecule has 0 radical (unpaired) electrons. The molecule has 2 heterocycles. The SMILES string of the molecule is CNC(=O)C1CN(C)CCN1C(=O)c1cnc(C)nc1. The van der Waals surface area contributed by atoms with Crippen molar-refractivity contribution in [2.75, 3.05) is 33.7 Å². The number of hydrogen-bond donors (Lipinski definition) is 1. The Morgan fingerprint density at radius 2 is 1.95 bits per heavy atom. The molecule has 1 N–H and O–H groups in total. The van der Waals surface area contributed by atoms with Crippen LogP contribution in [0.15, 0.2) is 12.4 Å². The minimum absolute atomic E-state index is 0.155. The van der Waals surface area contributed by atoms with Gasteiger partial charge in [-0.25, -0.2) is 9.97 Å². The molecule has 0 saturated carbocycles. The first-order valence-corrected chi connectivity index (χ1v) is 6.52. The van der Waals surface area contributed by atoms with Crippen LogP contribution in [-0.2, 0) is 4.79 Å². The van der Waals surface area contributed by atoms with E-state index >= 15 is 0 Å². The third-order valence-corrected chi connectivity index (χ3v) is 3.42. The van der Waals surface area contributed by atoms with E-state index in [4.69, 9.17) is 0 Å². The normalized spacial score (nSPS) is 19.8. The highest BCUT2D eigenvalue weighted by atomic mass is 16.2. The zero-order chi connectivity index (χ0) is 14.7. The van der Waals surface area contributed by atoms with E-state index in [-0.39, 0.29) is 11.8 Å². The lowest BCUT2D eigenvalue weighted by atomic mass is 10.1.